The van der Waals surface area contributed by atoms with Gasteiger partial charge in [-0.2, -0.15) is 0 Å². The smallest absolute Gasteiger partial charge is 0.191 e. The van der Waals surface area contributed by atoms with E-state index in [0.29, 0.717) is 13.2 Å². The maximum atomic E-state index is 5.74. The van der Waals surface area contributed by atoms with Crippen molar-refractivity contribution in [2.45, 2.75) is 44.8 Å². The monoisotopic (exact) mass is 552 g/mol. The molecule has 1 saturated heterocycles. The first-order chi connectivity index (χ1) is 15.2. The molecular weight excluding hydrogens is 515 g/mol. The molecule has 2 aromatic carbocycles. The maximum Gasteiger partial charge on any atom is 0.191 e. The molecule has 3 rings (SSSR count). The summed E-state index contributed by atoms with van der Waals surface area (Å²) in [5.41, 5.74) is 2.36. The van der Waals surface area contributed by atoms with E-state index >= 15 is 0 Å². The Hall–Kier alpha value is -1.84. The predicted molar refractivity (Wildman–Crippen MR) is 142 cm³/mol. The maximum absolute atomic E-state index is 5.74. The first kappa shape index (κ1) is 26.4. The van der Waals surface area contributed by atoms with Gasteiger partial charge in [0.2, 0.25) is 0 Å². The van der Waals surface area contributed by atoms with Gasteiger partial charge >= 0.3 is 0 Å². The Morgan fingerprint density at radius 1 is 1.06 bits per heavy atom. The number of guanidine groups is 1. The Balaban J connectivity index is 0.00000363. The van der Waals surface area contributed by atoms with E-state index in [4.69, 9.17) is 9.47 Å². The van der Waals surface area contributed by atoms with Crippen LogP contribution in [0.3, 0.4) is 0 Å². The molecule has 1 fully saturated rings. The van der Waals surface area contributed by atoms with Crippen LogP contribution in [0, 0.1) is 0 Å². The van der Waals surface area contributed by atoms with E-state index < -0.39 is 0 Å². The van der Waals surface area contributed by atoms with Crippen molar-refractivity contribution in [1.29, 1.82) is 0 Å². The fourth-order valence-electron chi connectivity index (χ4n) is 4.02. The zero-order valence-electron chi connectivity index (χ0n) is 19.4. The summed E-state index contributed by atoms with van der Waals surface area (Å²) in [4.78, 5) is 4.43. The summed E-state index contributed by atoms with van der Waals surface area (Å²) in [6, 6.07) is 19.0. The van der Waals surface area contributed by atoms with Crippen LogP contribution in [0.25, 0.3) is 0 Å². The van der Waals surface area contributed by atoms with Crippen LogP contribution in [-0.2, 0) is 11.3 Å². The Bertz CT molecular complexity index is 826. The van der Waals surface area contributed by atoms with Crippen LogP contribution >= 0.6 is 24.0 Å². The average molecular weight is 553 g/mol. The van der Waals surface area contributed by atoms with Crippen molar-refractivity contribution in [2.24, 2.45) is 4.99 Å². The van der Waals surface area contributed by atoms with Crippen molar-refractivity contribution < 1.29 is 9.47 Å². The van der Waals surface area contributed by atoms with Gasteiger partial charge < -0.3 is 25.4 Å². The Kier molecular flexibility index (Phi) is 11.3. The van der Waals surface area contributed by atoms with E-state index in [1.807, 2.05) is 25.1 Å². The second-order valence-corrected chi connectivity index (χ2v) is 7.99. The summed E-state index contributed by atoms with van der Waals surface area (Å²) in [6.45, 7) is 7.85. The molecule has 0 radical (unpaired) electrons. The third-order valence-electron chi connectivity index (χ3n) is 5.81. The normalized spacial score (nSPS) is 16.5. The number of hydrogen-bond donors (Lipinski definition) is 3. The van der Waals surface area contributed by atoms with Crippen molar-refractivity contribution in [2.75, 3.05) is 33.4 Å². The molecule has 6 nitrogen and oxygen atoms in total. The van der Waals surface area contributed by atoms with E-state index in [-0.39, 0.29) is 35.6 Å². The topological polar surface area (TPSA) is 66.9 Å². The molecule has 1 unspecified atom stereocenters. The van der Waals surface area contributed by atoms with Crippen molar-refractivity contribution in [3.05, 3.63) is 65.7 Å². The molecule has 0 spiro atoms. The lowest BCUT2D eigenvalue weighted by molar-refractivity contribution is 0.0355. The lowest BCUT2D eigenvalue weighted by Crippen LogP contribution is -2.58. The van der Waals surface area contributed by atoms with Crippen LogP contribution < -0.4 is 20.7 Å². The van der Waals surface area contributed by atoms with Gasteiger partial charge in [0.25, 0.3) is 0 Å². The van der Waals surface area contributed by atoms with Crippen molar-refractivity contribution in [3.63, 3.8) is 0 Å². The van der Waals surface area contributed by atoms with Crippen LogP contribution in [0.1, 0.15) is 43.9 Å². The molecule has 1 atom stereocenters. The molecule has 32 heavy (non-hydrogen) atoms. The van der Waals surface area contributed by atoms with Gasteiger partial charge in [-0.05, 0) is 38.3 Å². The standard InChI is InChI=1S/C25H36N4O2.HI/c1-4-31-23-13-9-8-12-22(23)18-27-24(26-3)28-19-25(14-16-30-17-15-25)29-20(2)21-10-6-5-7-11-21;/h5-13,20,29H,4,14-19H2,1-3H3,(H2,26,27,28);1H. The third kappa shape index (κ3) is 7.64. The molecular formula is C25H37IN4O2. The minimum Gasteiger partial charge on any atom is -0.494 e. The van der Waals surface area contributed by atoms with Gasteiger partial charge in [0.05, 0.1) is 6.61 Å². The predicted octanol–water partition coefficient (Wildman–Crippen LogP) is 4.27. The lowest BCUT2D eigenvalue weighted by Gasteiger charge is -2.41. The molecule has 0 aromatic heterocycles. The fourth-order valence-corrected chi connectivity index (χ4v) is 4.02. The number of aliphatic imine (C=N–C) groups is 1. The highest BCUT2D eigenvalue weighted by molar-refractivity contribution is 14.0. The number of halogens is 1. The highest BCUT2D eigenvalue weighted by Crippen LogP contribution is 2.25. The Morgan fingerprint density at radius 2 is 1.75 bits per heavy atom. The zero-order chi connectivity index (χ0) is 21.9. The second-order valence-electron chi connectivity index (χ2n) is 7.99. The summed E-state index contributed by atoms with van der Waals surface area (Å²) < 4.78 is 11.4. The van der Waals surface area contributed by atoms with Crippen molar-refractivity contribution >= 4 is 29.9 Å². The van der Waals surface area contributed by atoms with Crippen LogP contribution in [0.2, 0.25) is 0 Å². The average Bonchev–Trinajstić information content (AvgIpc) is 2.81. The molecule has 1 aliphatic heterocycles. The number of para-hydroxylation sites is 1. The van der Waals surface area contributed by atoms with Gasteiger partial charge in [0.1, 0.15) is 5.75 Å². The highest BCUT2D eigenvalue weighted by Gasteiger charge is 2.34. The van der Waals surface area contributed by atoms with E-state index in [1.54, 1.807) is 7.05 Å². The van der Waals surface area contributed by atoms with Gasteiger partial charge in [0, 0.05) is 50.5 Å². The van der Waals surface area contributed by atoms with Crippen molar-refractivity contribution in [1.82, 2.24) is 16.0 Å². The van der Waals surface area contributed by atoms with Gasteiger partial charge in [-0.15, -0.1) is 24.0 Å². The van der Waals surface area contributed by atoms with Gasteiger partial charge in [-0.1, -0.05) is 48.5 Å². The number of rotatable bonds is 9. The molecule has 3 N–H and O–H groups in total. The lowest BCUT2D eigenvalue weighted by atomic mass is 9.88. The quantitative estimate of drug-likeness (QED) is 0.247. The van der Waals surface area contributed by atoms with Crippen LogP contribution in [0.5, 0.6) is 5.75 Å². The Labute approximate surface area is 209 Å². The molecule has 1 heterocycles. The minimum atomic E-state index is -0.0473. The first-order valence-corrected chi connectivity index (χ1v) is 11.2. The summed E-state index contributed by atoms with van der Waals surface area (Å²) in [5.74, 6) is 1.69. The molecule has 2 aromatic rings. The Morgan fingerprint density at radius 3 is 2.44 bits per heavy atom. The van der Waals surface area contributed by atoms with Crippen molar-refractivity contribution in [3.8, 4) is 5.75 Å². The molecule has 0 bridgehead atoms. The number of nitrogens with one attached hydrogen (secondary N) is 3. The summed E-state index contributed by atoms with van der Waals surface area (Å²) in [6.07, 6.45) is 1.92. The number of hydrogen-bond acceptors (Lipinski definition) is 4. The fraction of sp³-hybridized carbons (Fsp3) is 0.480. The van der Waals surface area contributed by atoms with Crippen LogP contribution in [0.15, 0.2) is 59.6 Å². The highest BCUT2D eigenvalue weighted by atomic mass is 127. The van der Waals surface area contributed by atoms with E-state index in [1.165, 1.54) is 5.56 Å². The van der Waals surface area contributed by atoms with E-state index in [0.717, 1.165) is 49.9 Å². The first-order valence-electron chi connectivity index (χ1n) is 11.2. The number of benzene rings is 2. The molecule has 176 valence electrons. The third-order valence-corrected chi connectivity index (χ3v) is 5.81. The largest absolute Gasteiger partial charge is 0.494 e. The molecule has 0 amide bonds. The zero-order valence-corrected chi connectivity index (χ0v) is 21.7. The molecule has 0 saturated carbocycles. The minimum absolute atomic E-state index is 0. The number of nitrogens with zero attached hydrogens (tertiary/aromatic N) is 1. The number of ether oxygens (including phenoxy) is 2. The summed E-state index contributed by atoms with van der Waals surface area (Å²) in [5, 5.41) is 10.8. The van der Waals surface area contributed by atoms with Gasteiger partial charge in [-0.3, -0.25) is 4.99 Å². The van der Waals surface area contributed by atoms with Crippen LogP contribution in [0.4, 0.5) is 0 Å². The van der Waals surface area contributed by atoms with Gasteiger partial charge in [0.15, 0.2) is 5.96 Å². The summed E-state index contributed by atoms with van der Waals surface area (Å²) in [7, 11) is 1.81. The second kappa shape index (κ2) is 13.6. The van der Waals surface area contributed by atoms with Crippen LogP contribution in [-0.4, -0.2) is 44.9 Å². The molecule has 1 aliphatic rings. The van der Waals surface area contributed by atoms with E-state index in [9.17, 15) is 0 Å². The van der Waals surface area contributed by atoms with E-state index in [2.05, 4.69) is 64.3 Å². The SMILES string of the molecule is CCOc1ccccc1CNC(=NC)NCC1(NC(C)c2ccccc2)CCOCC1.I. The van der Waals surface area contributed by atoms with Gasteiger partial charge in [-0.25, -0.2) is 0 Å². The molecule has 0 aliphatic carbocycles. The summed E-state index contributed by atoms with van der Waals surface area (Å²) >= 11 is 0. The molecule has 7 heteroatoms.